The SMILES string of the molecule is Cn1nnnc1-c1cccc(NC(=O)N[C@H]2COCC[C@H]2CN2CCC[C@@H](Cc3ccc(F)cc3)C2)c1. The second-order valence-corrected chi connectivity index (χ2v) is 10.1. The molecule has 2 amide bonds. The number of hydrogen-bond acceptors (Lipinski definition) is 6. The fourth-order valence-electron chi connectivity index (χ4n) is 5.48. The average Bonchev–Trinajstić information content (AvgIpc) is 3.33. The number of anilines is 1. The standard InChI is InChI=1S/C27H34FN7O2/c1-34-26(31-32-33-34)21-5-2-6-24(15-21)29-27(36)30-25-18-37-13-11-22(25)17-35-12-3-4-20(16-35)14-19-7-9-23(28)10-8-19/h2,5-10,15,20,22,25H,3-4,11-14,16-18H2,1H3,(H2,29,30,36)/t20-,22-,25-/m0/s1. The number of tetrazole rings is 1. The topological polar surface area (TPSA) is 97.2 Å². The summed E-state index contributed by atoms with van der Waals surface area (Å²) < 4.78 is 20.6. The Hall–Kier alpha value is -3.37. The number of aromatic nitrogens is 4. The largest absolute Gasteiger partial charge is 0.379 e. The quantitative estimate of drug-likeness (QED) is 0.508. The Morgan fingerprint density at radius 3 is 2.86 bits per heavy atom. The van der Waals surface area contributed by atoms with Gasteiger partial charge in [0.1, 0.15) is 5.82 Å². The van der Waals surface area contributed by atoms with E-state index in [1.807, 2.05) is 36.4 Å². The van der Waals surface area contributed by atoms with E-state index in [9.17, 15) is 9.18 Å². The van der Waals surface area contributed by atoms with Crippen molar-refractivity contribution in [2.45, 2.75) is 31.7 Å². The lowest BCUT2D eigenvalue weighted by Gasteiger charge is -2.39. The highest BCUT2D eigenvalue weighted by Crippen LogP contribution is 2.25. The summed E-state index contributed by atoms with van der Waals surface area (Å²) in [5.74, 6) is 1.32. The van der Waals surface area contributed by atoms with Gasteiger partial charge in [0.2, 0.25) is 0 Å². The Bertz CT molecular complexity index is 1190. The Labute approximate surface area is 216 Å². The first kappa shape index (κ1) is 25.3. The van der Waals surface area contributed by atoms with Gasteiger partial charge in [0.15, 0.2) is 5.82 Å². The zero-order valence-electron chi connectivity index (χ0n) is 21.1. The minimum Gasteiger partial charge on any atom is -0.379 e. The van der Waals surface area contributed by atoms with Crippen LogP contribution in [-0.4, -0.2) is 70.0 Å². The van der Waals surface area contributed by atoms with Crippen LogP contribution in [-0.2, 0) is 18.2 Å². The minimum absolute atomic E-state index is 0.0580. The molecular formula is C27H34FN7O2. The summed E-state index contributed by atoms with van der Waals surface area (Å²) in [4.78, 5) is 15.4. The summed E-state index contributed by atoms with van der Waals surface area (Å²) in [6.45, 7) is 4.25. The second-order valence-electron chi connectivity index (χ2n) is 10.1. The third-order valence-electron chi connectivity index (χ3n) is 7.35. The highest BCUT2D eigenvalue weighted by molar-refractivity contribution is 5.90. The maximum Gasteiger partial charge on any atom is 0.319 e. The van der Waals surface area contributed by atoms with Crippen molar-refractivity contribution in [2.75, 3.05) is 38.2 Å². The molecule has 2 aliphatic rings. The maximum absolute atomic E-state index is 13.3. The lowest BCUT2D eigenvalue weighted by molar-refractivity contribution is 0.0215. The van der Waals surface area contributed by atoms with Crippen molar-refractivity contribution in [2.24, 2.45) is 18.9 Å². The van der Waals surface area contributed by atoms with Crippen LogP contribution in [0.1, 0.15) is 24.8 Å². The van der Waals surface area contributed by atoms with E-state index in [0.717, 1.165) is 44.5 Å². The molecule has 2 saturated heterocycles. The Kier molecular flexibility index (Phi) is 8.05. The number of urea groups is 1. The minimum atomic E-state index is -0.249. The molecule has 9 nitrogen and oxygen atoms in total. The van der Waals surface area contributed by atoms with E-state index >= 15 is 0 Å². The summed E-state index contributed by atoms with van der Waals surface area (Å²) in [5.41, 5.74) is 2.69. The lowest BCUT2D eigenvalue weighted by atomic mass is 9.89. The van der Waals surface area contributed by atoms with Crippen molar-refractivity contribution in [1.82, 2.24) is 30.4 Å². The van der Waals surface area contributed by atoms with Gasteiger partial charge in [-0.2, -0.15) is 0 Å². The summed E-state index contributed by atoms with van der Waals surface area (Å²) in [5, 5.41) is 17.7. The fraction of sp³-hybridized carbons (Fsp3) is 0.481. The van der Waals surface area contributed by atoms with E-state index in [1.54, 1.807) is 23.9 Å². The van der Waals surface area contributed by atoms with Crippen LogP contribution in [0.15, 0.2) is 48.5 Å². The van der Waals surface area contributed by atoms with Crippen molar-refractivity contribution in [3.8, 4) is 11.4 Å². The first-order valence-corrected chi connectivity index (χ1v) is 13.0. The van der Waals surface area contributed by atoms with Crippen LogP contribution in [0.5, 0.6) is 0 Å². The lowest BCUT2D eigenvalue weighted by Crippen LogP contribution is -2.52. The first-order chi connectivity index (χ1) is 18.0. The van der Waals surface area contributed by atoms with Gasteiger partial charge in [-0.05, 0) is 84.3 Å². The number of hydrogen-bond donors (Lipinski definition) is 2. The van der Waals surface area contributed by atoms with Crippen molar-refractivity contribution >= 4 is 11.7 Å². The number of halogens is 1. The molecule has 3 atom stereocenters. The van der Waals surface area contributed by atoms with Crippen LogP contribution in [0.25, 0.3) is 11.4 Å². The highest BCUT2D eigenvalue weighted by atomic mass is 19.1. The van der Waals surface area contributed by atoms with Crippen molar-refractivity contribution in [3.63, 3.8) is 0 Å². The molecule has 0 saturated carbocycles. The van der Waals surface area contributed by atoms with E-state index in [2.05, 4.69) is 31.1 Å². The Balaban J connectivity index is 1.16. The van der Waals surface area contributed by atoms with Crippen molar-refractivity contribution in [3.05, 3.63) is 59.9 Å². The predicted octanol–water partition coefficient (Wildman–Crippen LogP) is 3.50. The number of nitrogens with one attached hydrogen (secondary N) is 2. The van der Waals surface area contributed by atoms with E-state index in [-0.39, 0.29) is 17.9 Å². The van der Waals surface area contributed by atoms with Crippen LogP contribution < -0.4 is 10.6 Å². The van der Waals surface area contributed by atoms with Crippen molar-refractivity contribution in [1.29, 1.82) is 0 Å². The number of rotatable bonds is 7. The molecule has 0 spiro atoms. The smallest absolute Gasteiger partial charge is 0.319 e. The number of nitrogens with zero attached hydrogens (tertiary/aromatic N) is 5. The molecule has 0 radical (unpaired) electrons. The number of piperidine rings is 1. The number of likely N-dealkylation sites (tertiary alicyclic amines) is 1. The molecule has 3 aromatic rings. The zero-order chi connectivity index (χ0) is 25.6. The van der Waals surface area contributed by atoms with E-state index < -0.39 is 0 Å². The molecule has 37 heavy (non-hydrogen) atoms. The second kappa shape index (κ2) is 11.8. The van der Waals surface area contributed by atoms with Gasteiger partial charge in [-0.1, -0.05) is 24.3 Å². The van der Waals surface area contributed by atoms with Crippen LogP contribution in [0, 0.1) is 17.7 Å². The number of aryl methyl sites for hydroxylation is 1. The number of carbonyl (C=O) groups excluding carboxylic acids is 1. The van der Waals surface area contributed by atoms with Crippen LogP contribution in [0.4, 0.5) is 14.9 Å². The van der Waals surface area contributed by atoms with Gasteiger partial charge in [-0.25, -0.2) is 13.9 Å². The molecular weight excluding hydrogens is 473 g/mol. The molecule has 10 heteroatoms. The van der Waals surface area contributed by atoms with Gasteiger partial charge < -0.3 is 20.3 Å². The maximum atomic E-state index is 13.3. The average molecular weight is 508 g/mol. The summed E-state index contributed by atoms with van der Waals surface area (Å²) >= 11 is 0. The summed E-state index contributed by atoms with van der Waals surface area (Å²) in [7, 11) is 1.78. The molecule has 0 aliphatic carbocycles. The number of ether oxygens (including phenoxy) is 1. The van der Waals surface area contributed by atoms with Crippen LogP contribution in [0.2, 0.25) is 0 Å². The molecule has 2 aromatic carbocycles. The van der Waals surface area contributed by atoms with Gasteiger partial charge >= 0.3 is 6.03 Å². The van der Waals surface area contributed by atoms with E-state index in [4.69, 9.17) is 4.74 Å². The molecule has 2 aliphatic heterocycles. The Morgan fingerprint density at radius 2 is 2.05 bits per heavy atom. The molecule has 0 unspecified atom stereocenters. The summed E-state index contributed by atoms with van der Waals surface area (Å²) in [6, 6.07) is 14.0. The number of carbonyl (C=O) groups is 1. The molecule has 1 aromatic heterocycles. The van der Waals surface area contributed by atoms with E-state index in [0.29, 0.717) is 36.6 Å². The molecule has 2 fully saturated rings. The molecule has 196 valence electrons. The Morgan fingerprint density at radius 1 is 1.19 bits per heavy atom. The normalized spacial score (nSPS) is 22.5. The van der Waals surface area contributed by atoms with Crippen molar-refractivity contribution < 1.29 is 13.9 Å². The van der Waals surface area contributed by atoms with Gasteiger partial charge in [0, 0.05) is 38.0 Å². The third kappa shape index (κ3) is 6.69. The monoisotopic (exact) mass is 507 g/mol. The predicted molar refractivity (Wildman–Crippen MR) is 138 cm³/mol. The first-order valence-electron chi connectivity index (χ1n) is 13.0. The van der Waals surface area contributed by atoms with Crippen LogP contribution in [0.3, 0.4) is 0 Å². The third-order valence-corrected chi connectivity index (χ3v) is 7.35. The van der Waals surface area contributed by atoms with E-state index in [1.165, 1.54) is 12.0 Å². The molecule has 3 heterocycles. The number of amides is 2. The molecule has 5 rings (SSSR count). The van der Waals surface area contributed by atoms with Gasteiger partial charge in [0.05, 0.1) is 12.6 Å². The zero-order valence-corrected chi connectivity index (χ0v) is 21.1. The highest BCUT2D eigenvalue weighted by Gasteiger charge is 2.30. The fourth-order valence-corrected chi connectivity index (χ4v) is 5.48. The summed E-state index contributed by atoms with van der Waals surface area (Å²) in [6.07, 6.45) is 4.23. The van der Waals surface area contributed by atoms with Gasteiger partial charge in [-0.3, -0.25) is 0 Å². The number of benzene rings is 2. The van der Waals surface area contributed by atoms with Gasteiger partial charge in [0.25, 0.3) is 0 Å². The molecule has 2 N–H and O–H groups in total. The van der Waals surface area contributed by atoms with Gasteiger partial charge in [-0.15, -0.1) is 5.10 Å². The van der Waals surface area contributed by atoms with Crippen LogP contribution >= 0.6 is 0 Å². The molecule has 0 bridgehead atoms.